The van der Waals surface area contributed by atoms with Gasteiger partial charge in [0.1, 0.15) is 0 Å². The van der Waals surface area contributed by atoms with Crippen LogP contribution in [0.1, 0.15) is 79.1 Å². The maximum absolute atomic E-state index is 3.87. The lowest BCUT2D eigenvalue weighted by atomic mass is 9.78. The van der Waals surface area contributed by atoms with Gasteiger partial charge in [-0.2, -0.15) is 0 Å². The summed E-state index contributed by atoms with van der Waals surface area (Å²) in [5.74, 6) is 3.46. The van der Waals surface area contributed by atoms with Crippen LogP contribution in [0, 0.1) is 23.7 Å². The maximum Gasteiger partial charge on any atom is 0.0118 e. The van der Waals surface area contributed by atoms with E-state index in [-0.39, 0.29) is 0 Å². The van der Waals surface area contributed by atoms with Gasteiger partial charge >= 0.3 is 0 Å². The normalized spacial score (nSPS) is 36.7. The largest absolute Gasteiger partial charge is 0.314 e. The Hall–Kier alpha value is -0.0800. The molecule has 0 aromatic heterocycles. The van der Waals surface area contributed by atoms with Crippen molar-refractivity contribution in [2.45, 2.75) is 91.1 Å². The predicted molar refractivity (Wildman–Crippen MR) is 97.2 cm³/mol. The summed E-state index contributed by atoms with van der Waals surface area (Å²) in [6, 6.07) is 1.54. The summed E-state index contributed by atoms with van der Waals surface area (Å²) in [4.78, 5) is 0. The molecule has 4 atom stereocenters. The van der Waals surface area contributed by atoms with E-state index in [4.69, 9.17) is 0 Å². The minimum Gasteiger partial charge on any atom is -0.314 e. The Morgan fingerprint density at radius 3 is 2.14 bits per heavy atom. The smallest absolute Gasteiger partial charge is 0.0118 e. The van der Waals surface area contributed by atoms with E-state index < -0.39 is 0 Å². The Labute approximate surface area is 139 Å². The molecule has 0 aliphatic heterocycles. The highest BCUT2D eigenvalue weighted by molar-refractivity contribution is 4.84. The second-order valence-electron chi connectivity index (χ2n) is 8.47. The summed E-state index contributed by atoms with van der Waals surface area (Å²) in [7, 11) is 0. The second kappa shape index (κ2) is 9.27. The van der Waals surface area contributed by atoms with E-state index in [1.54, 1.807) is 0 Å². The van der Waals surface area contributed by atoms with Crippen LogP contribution in [0.3, 0.4) is 0 Å². The van der Waals surface area contributed by atoms with E-state index in [0.29, 0.717) is 0 Å². The highest BCUT2D eigenvalue weighted by atomic mass is 15.0. The van der Waals surface area contributed by atoms with Crippen LogP contribution in [0.5, 0.6) is 0 Å². The minimum absolute atomic E-state index is 0.756. The van der Waals surface area contributed by atoms with Crippen molar-refractivity contribution in [2.24, 2.45) is 23.7 Å². The van der Waals surface area contributed by atoms with Gasteiger partial charge < -0.3 is 10.6 Å². The number of rotatable bonds is 7. The van der Waals surface area contributed by atoms with Crippen LogP contribution < -0.4 is 10.6 Å². The van der Waals surface area contributed by atoms with E-state index in [9.17, 15) is 0 Å². The van der Waals surface area contributed by atoms with Gasteiger partial charge in [-0.25, -0.2) is 0 Å². The first-order valence-corrected chi connectivity index (χ1v) is 10.1. The Kier molecular flexibility index (Phi) is 7.70. The lowest BCUT2D eigenvalue weighted by molar-refractivity contribution is 0.198. The van der Waals surface area contributed by atoms with E-state index in [1.165, 1.54) is 64.5 Å². The highest BCUT2D eigenvalue weighted by Crippen LogP contribution is 2.30. The highest BCUT2D eigenvalue weighted by Gasteiger charge is 2.28. The molecule has 2 saturated carbocycles. The molecule has 2 N–H and O–H groups in total. The van der Waals surface area contributed by atoms with Gasteiger partial charge in [-0.1, -0.05) is 47.0 Å². The lowest BCUT2D eigenvalue weighted by Gasteiger charge is -2.36. The molecule has 22 heavy (non-hydrogen) atoms. The van der Waals surface area contributed by atoms with Crippen molar-refractivity contribution in [2.75, 3.05) is 13.1 Å². The van der Waals surface area contributed by atoms with E-state index in [1.807, 2.05) is 0 Å². The molecule has 0 aromatic carbocycles. The summed E-state index contributed by atoms with van der Waals surface area (Å²) >= 11 is 0. The SMILES string of the molecule is CC(C)C1CCCCC1NCCCNC1C(C)CCCC1C. The predicted octanol–water partition coefficient (Wildman–Crippen LogP) is 4.60. The van der Waals surface area contributed by atoms with Crippen molar-refractivity contribution in [3.05, 3.63) is 0 Å². The van der Waals surface area contributed by atoms with Gasteiger partial charge in [0.25, 0.3) is 0 Å². The molecule has 2 rings (SSSR count). The van der Waals surface area contributed by atoms with E-state index in [0.717, 1.165) is 35.8 Å². The zero-order chi connectivity index (χ0) is 15.9. The average molecular weight is 309 g/mol. The third-order valence-corrected chi connectivity index (χ3v) is 6.36. The topological polar surface area (TPSA) is 24.1 Å². The first-order chi connectivity index (χ1) is 10.6. The van der Waals surface area contributed by atoms with Gasteiger partial charge in [-0.3, -0.25) is 0 Å². The molecule has 2 heteroatoms. The standard InChI is InChI=1S/C20H40N2/c1-15(2)18-11-5-6-12-19(18)21-13-8-14-22-20-16(3)9-7-10-17(20)4/h15-22H,5-14H2,1-4H3. The Morgan fingerprint density at radius 2 is 1.45 bits per heavy atom. The van der Waals surface area contributed by atoms with Crippen molar-refractivity contribution < 1.29 is 0 Å². The molecule has 0 heterocycles. The van der Waals surface area contributed by atoms with Crippen LogP contribution in [0.2, 0.25) is 0 Å². The fourth-order valence-electron chi connectivity index (χ4n) is 4.94. The number of hydrogen-bond acceptors (Lipinski definition) is 2. The van der Waals surface area contributed by atoms with Crippen molar-refractivity contribution in [3.63, 3.8) is 0 Å². The Balaban J connectivity index is 1.62. The molecule has 2 fully saturated rings. The fraction of sp³-hybridized carbons (Fsp3) is 1.00. The van der Waals surface area contributed by atoms with Gasteiger partial charge in [-0.05, 0) is 68.9 Å². The van der Waals surface area contributed by atoms with Gasteiger partial charge in [0.2, 0.25) is 0 Å². The van der Waals surface area contributed by atoms with Crippen molar-refractivity contribution in [1.29, 1.82) is 0 Å². The first kappa shape index (κ1) is 18.3. The molecular weight excluding hydrogens is 268 g/mol. The van der Waals surface area contributed by atoms with Crippen LogP contribution in [-0.2, 0) is 0 Å². The zero-order valence-corrected chi connectivity index (χ0v) is 15.5. The van der Waals surface area contributed by atoms with Crippen LogP contribution >= 0.6 is 0 Å². The van der Waals surface area contributed by atoms with Crippen molar-refractivity contribution >= 4 is 0 Å². The van der Waals surface area contributed by atoms with Gasteiger partial charge in [0.15, 0.2) is 0 Å². The van der Waals surface area contributed by atoms with Crippen LogP contribution in [-0.4, -0.2) is 25.2 Å². The third kappa shape index (κ3) is 5.23. The second-order valence-corrected chi connectivity index (χ2v) is 8.47. The number of nitrogens with one attached hydrogen (secondary N) is 2. The molecule has 4 unspecified atom stereocenters. The zero-order valence-electron chi connectivity index (χ0n) is 15.5. The molecule has 0 spiro atoms. The third-order valence-electron chi connectivity index (χ3n) is 6.36. The first-order valence-electron chi connectivity index (χ1n) is 10.1. The van der Waals surface area contributed by atoms with Gasteiger partial charge in [0.05, 0.1) is 0 Å². The Morgan fingerprint density at radius 1 is 0.818 bits per heavy atom. The summed E-state index contributed by atoms with van der Waals surface area (Å²) in [5.41, 5.74) is 0. The van der Waals surface area contributed by atoms with Crippen molar-refractivity contribution in [3.8, 4) is 0 Å². The molecule has 0 amide bonds. The summed E-state index contributed by atoms with van der Waals surface area (Å²) < 4.78 is 0. The maximum atomic E-state index is 3.87. The van der Waals surface area contributed by atoms with Crippen LogP contribution in [0.4, 0.5) is 0 Å². The number of hydrogen-bond donors (Lipinski definition) is 2. The molecule has 0 aromatic rings. The molecule has 0 bridgehead atoms. The minimum atomic E-state index is 0.756. The molecule has 2 nitrogen and oxygen atoms in total. The summed E-state index contributed by atoms with van der Waals surface area (Å²) in [6.07, 6.45) is 11.2. The van der Waals surface area contributed by atoms with Crippen molar-refractivity contribution in [1.82, 2.24) is 10.6 Å². The molecule has 2 aliphatic carbocycles. The summed E-state index contributed by atoms with van der Waals surface area (Å²) in [6.45, 7) is 12.0. The van der Waals surface area contributed by atoms with Crippen LogP contribution in [0.15, 0.2) is 0 Å². The monoisotopic (exact) mass is 308 g/mol. The Bertz CT molecular complexity index is 292. The van der Waals surface area contributed by atoms with Crippen LogP contribution in [0.25, 0.3) is 0 Å². The van der Waals surface area contributed by atoms with E-state index >= 15 is 0 Å². The molecule has 0 radical (unpaired) electrons. The molecular formula is C20H40N2. The van der Waals surface area contributed by atoms with Gasteiger partial charge in [0, 0.05) is 12.1 Å². The quantitative estimate of drug-likeness (QED) is 0.672. The molecule has 0 saturated heterocycles. The average Bonchev–Trinajstić information content (AvgIpc) is 2.50. The lowest BCUT2D eigenvalue weighted by Crippen LogP contribution is -2.45. The van der Waals surface area contributed by atoms with Gasteiger partial charge in [-0.15, -0.1) is 0 Å². The molecule has 130 valence electrons. The summed E-state index contributed by atoms with van der Waals surface area (Å²) in [5, 5.41) is 7.73. The fourth-order valence-corrected chi connectivity index (χ4v) is 4.94. The molecule has 2 aliphatic rings. The van der Waals surface area contributed by atoms with E-state index in [2.05, 4.69) is 38.3 Å².